The quantitative estimate of drug-likeness (QED) is 0.698. The van der Waals surface area contributed by atoms with E-state index in [2.05, 4.69) is 4.74 Å². The Morgan fingerprint density at radius 1 is 1.46 bits per heavy atom. The fourth-order valence-corrected chi connectivity index (χ4v) is 1.06. The molecule has 0 radical (unpaired) electrons. The molecule has 3 heteroatoms. The summed E-state index contributed by atoms with van der Waals surface area (Å²) in [7, 11) is 1.26. The summed E-state index contributed by atoms with van der Waals surface area (Å²) in [5, 5.41) is 9.30. The third-order valence-electron chi connectivity index (χ3n) is 1.75. The van der Waals surface area contributed by atoms with Crippen molar-refractivity contribution in [3.63, 3.8) is 0 Å². The van der Waals surface area contributed by atoms with Crippen LogP contribution in [0, 0.1) is 0 Å². The lowest BCUT2D eigenvalue weighted by atomic mass is 10.1. The van der Waals surface area contributed by atoms with Crippen molar-refractivity contribution in [2.45, 2.75) is 12.5 Å². The molecule has 13 heavy (non-hydrogen) atoms. The molecular weight excluding hydrogens is 168 g/mol. The second-order valence-corrected chi connectivity index (χ2v) is 2.73. The molecule has 1 aromatic rings. The first kappa shape index (κ1) is 9.74. The Balaban J connectivity index is 2.55. The van der Waals surface area contributed by atoms with Crippen LogP contribution in [0.2, 0.25) is 0 Å². The minimum atomic E-state index is -1.06. The van der Waals surface area contributed by atoms with Crippen LogP contribution in [0.5, 0.6) is 0 Å². The summed E-state index contributed by atoms with van der Waals surface area (Å²) in [5.74, 6) is -0.594. The molecule has 0 heterocycles. The molecule has 0 saturated heterocycles. The van der Waals surface area contributed by atoms with Gasteiger partial charge in [0.1, 0.15) is 0 Å². The van der Waals surface area contributed by atoms with E-state index >= 15 is 0 Å². The fraction of sp³-hybridized carbons (Fsp3) is 0.300. The predicted octanol–water partition coefficient (Wildman–Crippen LogP) is 0.763. The topological polar surface area (TPSA) is 46.5 Å². The van der Waals surface area contributed by atoms with E-state index in [0.717, 1.165) is 5.56 Å². The number of carbonyl (C=O) groups excluding carboxylic acids is 1. The molecule has 1 aromatic carbocycles. The molecule has 70 valence electrons. The van der Waals surface area contributed by atoms with Gasteiger partial charge in [-0.3, -0.25) is 0 Å². The number of hydrogen-bond donors (Lipinski definition) is 1. The molecule has 1 N–H and O–H groups in total. The maximum atomic E-state index is 10.8. The highest BCUT2D eigenvalue weighted by Gasteiger charge is 2.14. The molecule has 0 aliphatic rings. The zero-order chi connectivity index (χ0) is 9.68. The molecule has 0 aromatic heterocycles. The van der Waals surface area contributed by atoms with Crippen LogP contribution in [-0.2, 0) is 16.0 Å². The Kier molecular flexibility index (Phi) is 3.46. The summed E-state index contributed by atoms with van der Waals surface area (Å²) in [4.78, 5) is 10.8. The van der Waals surface area contributed by atoms with E-state index in [0.29, 0.717) is 6.42 Å². The van der Waals surface area contributed by atoms with Gasteiger partial charge in [0, 0.05) is 6.42 Å². The summed E-state index contributed by atoms with van der Waals surface area (Å²) in [6.45, 7) is 0. The van der Waals surface area contributed by atoms with E-state index in [1.54, 1.807) is 0 Å². The van der Waals surface area contributed by atoms with Crippen LogP contribution in [0.3, 0.4) is 0 Å². The van der Waals surface area contributed by atoms with Crippen LogP contribution >= 0.6 is 0 Å². The monoisotopic (exact) mass is 180 g/mol. The van der Waals surface area contributed by atoms with Crippen LogP contribution < -0.4 is 0 Å². The fourth-order valence-electron chi connectivity index (χ4n) is 1.06. The van der Waals surface area contributed by atoms with Gasteiger partial charge in [-0.25, -0.2) is 4.79 Å². The second-order valence-electron chi connectivity index (χ2n) is 2.73. The summed E-state index contributed by atoms with van der Waals surface area (Å²) in [6, 6.07) is 9.31. The van der Waals surface area contributed by atoms with Crippen LogP contribution in [0.4, 0.5) is 0 Å². The second kappa shape index (κ2) is 4.62. The van der Waals surface area contributed by atoms with Gasteiger partial charge in [0.25, 0.3) is 0 Å². The zero-order valence-electron chi connectivity index (χ0n) is 7.43. The van der Waals surface area contributed by atoms with Crippen molar-refractivity contribution in [2.75, 3.05) is 7.11 Å². The number of aliphatic hydroxyl groups excluding tert-OH is 1. The van der Waals surface area contributed by atoms with Gasteiger partial charge < -0.3 is 9.84 Å². The average Bonchev–Trinajstić information content (AvgIpc) is 2.18. The van der Waals surface area contributed by atoms with Crippen molar-refractivity contribution in [3.8, 4) is 0 Å². The van der Waals surface area contributed by atoms with Crippen LogP contribution in [0.15, 0.2) is 30.3 Å². The molecule has 0 fully saturated rings. The molecule has 0 amide bonds. The zero-order valence-corrected chi connectivity index (χ0v) is 7.43. The Morgan fingerprint density at radius 2 is 2.08 bits per heavy atom. The summed E-state index contributed by atoms with van der Waals surface area (Å²) in [5.41, 5.74) is 0.917. The highest BCUT2D eigenvalue weighted by Crippen LogP contribution is 2.03. The van der Waals surface area contributed by atoms with Crippen LogP contribution in [-0.4, -0.2) is 24.3 Å². The van der Waals surface area contributed by atoms with E-state index in [9.17, 15) is 9.90 Å². The van der Waals surface area contributed by atoms with E-state index in [-0.39, 0.29) is 0 Å². The Hall–Kier alpha value is -1.35. The smallest absolute Gasteiger partial charge is 0.335 e. The van der Waals surface area contributed by atoms with E-state index < -0.39 is 12.1 Å². The normalized spacial score (nSPS) is 12.2. The highest BCUT2D eigenvalue weighted by molar-refractivity contribution is 5.74. The van der Waals surface area contributed by atoms with Gasteiger partial charge in [-0.15, -0.1) is 0 Å². The number of esters is 1. The Morgan fingerprint density at radius 3 is 2.62 bits per heavy atom. The lowest BCUT2D eigenvalue weighted by Gasteiger charge is -2.07. The van der Waals surface area contributed by atoms with E-state index in [1.807, 2.05) is 30.3 Å². The van der Waals surface area contributed by atoms with E-state index in [1.165, 1.54) is 7.11 Å². The number of aliphatic hydroxyl groups is 1. The first-order chi connectivity index (χ1) is 6.24. The van der Waals surface area contributed by atoms with Crippen molar-refractivity contribution in [1.29, 1.82) is 0 Å². The maximum absolute atomic E-state index is 10.8. The SMILES string of the molecule is COC(=O)[C@H](O)Cc1ccccc1. The molecule has 0 aliphatic carbocycles. The first-order valence-electron chi connectivity index (χ1n) is 4.04. The standard InChI is InChI=1S/C10H12O3/c1-13-10(12)9(11)7-8-5-3-2-4-6-8/h2-6,9,11H,7H2,1H3/t9-/m1/s1. The van der Waals surface area contributed by atoms with Gasteiger partial charge >= 0.3 is 5.97 Å². The van der Waals surface area contributed by atoms with Crippen molar-refractivity contribution < 1.29 is 14.6 Å². The maximum Gasteiger partial charge on any atom is 0.335 e. The minimum absolute atomic E-state index is 0.299. The molecule has 0 bridgehead atoms. The predicted molar refractivity (Wildman–Crippen MR) is 48.2 cm³/mol. The molecule has 1 atom stereocenters. The minimum Gasteiger partial charge on any atom is -0.467 e. The molecule has 0 aliphatic heterocycles. The number of methoxy groups -OCH3 is 1. The van der Waals surface area contributed by atoms with Gasteiger partial charge in [0.15, 0.2) is 6.10 Å². The summed E-state index contributed by atoms with van der Waals surface area (Å²) < 4.78 is 4.40. The number of carbonyl (C=O) groups is 1. The molecular formula is C10H12O3. The van der Waals surface area contributed by atoms with Gasteiger partial charge in [-0.05, 0) is 5.56 Å². The van der Waals surface area contributed by atoms with Crippen molar-refractivity contribution in [2.24, 2.45) is 0 Å². The third-order valence-corrected chi connectivity index (χ3v) is 1.75. The largest absolute Gasteiger partial charge is 0.467 e. The Labute approximate surface area is 77.0 Å². The van der Waals surface area contributed by atoms with Crippen molar-refractivity contribution in [1.82, 2.24) is 0 Å². The molecule has 0 unspecified atom stereocenters. The number of hydrogen-bond acceptors (Lipinski definition) is 3. The summed E-state index contributed by atoms with van der Waals surface area (Å²) >= 11 is 0. The van der Waals surface area contributed by atoms with E-state index in [4.69, 9.17) is 0 Å². The van der Waals surface area contributed by atoms with Gasteiger partial charge in [0.05, 0.1) is 7.11 Å². The lowest BCUT2D eigenvalue weighted by molar-refractivity contribution is -0.150. The van der Waals surface area contributed by atoms with Crippen LogP contribution in [0.25, 0.3) is 0 Å². The Bertz CT molecular complexity index is 269. The lowest BCUT2D eigenvalue weighted by Crippen LogP contribution is -2.23. The molecule has 1 rings (SSSR count). The number of ether oxygens (including phenoxy) is 1. The van der Waals surface area contributed by atoms with Crippen molar-refractivity contribution >= 4 is 5.97 Å². The van der Waals surface area contributed by atoms with Crippen LogP contribution in [0.1, 0.15) is 5.56 Å². The third kappa shape index (κ3) is 2.87. The van der Waals surface area contributed by atoms with Gasteiger partial charge in [-0.2, -0.15) is 0 Å². The number of rotatable bonds is 3. The van der Waals surface area contributed by atoms with Gasteiger partial charge in [0.2, 0.25) is 0 Å². The average molecular weight is 180 g/mol. The summed E-state index contributed by atoms with van der Waals surface area (Å²) in [6.07, 6.45) is -0.763. The highest BCUT2D eigenvalue weighted by atomic mass is 16.5. The molecule has 0 saturated carbocycles. The molecule has 3 nitrogen and oxygen atoms in total. The van der Waals surface area contributed by atoms with Gasteiger partial charge in [-0.1, -0.05) is 30.3 Å². The molecule has 0 spiro atoms. The first-order valence-corrected chi connectivity index (χ1v) is 4.04. The van der Waals surface area contributed by atoms with Crippen molar-refractivity contribution in [3.05, 3.63) is 35.9 Å². The number of benzene rings is 1.